The second-order valence-corrected chi connectivity index (χ2v) is 9.85. The molecule has 190 valence electrons. The minimum Gasteiger partial charge on any atom is -0.492 e. The number of esters is 1. The summed E-state index contributed by atoms with van der Waals surface area (Å²) in [6, 6.07) is 9.41. The third kappa shape index (κ3) is 7.41. The van der Waals surface area contributed by atoms with Gasteiger partial charge < -0.3 is 24.9 Å². The number of carbonyl (C=O) groups is 1. The van der Waals surface area contributed by atoms with Crippen LogP contribution in [0.2, 0.25) is 0 Å². The number of rotatable bonds is 12. The van der Waals surface area contributed by atoms with Crippen LogP contribution in [0.25, 0.3) is 10.9 Å². The van der Waals surface area contributed by atoms with Crippen molar-refractivity contribution in [2.75, 3.05) is 37.3 Å². The zero-order valence-corrected chi connectivity index (χ0v) is 20.7. The molecular formula is C24H30FN3O6S. The molecule has 0 unspecified atom stereocenters. The van der Waals surface area contributed by atoms with Crippen molar-refractivity contribution in [3.63, 3.8) is 0 Å². The van der Waals surface area contributed by atoms with Gasteiger partial charge in [0.05, 0.1) is 31.1 Å². The van der Waals surface area contributed by atoms with Gasteiger partial charge in [0.15, 0.2) is 0 Å². The molecule has 1 heterocycles. The lowest BCUT2D eigenvalue weighted by atomic mass is 10.1. The van der Waals surface area contributed by atoms with Crippen LogP contribution in [0.3, 0.4) is 0 Å². The van der Waals surface area contributed by atoms with E-state index in [9.17, 15) is 22.7 Å². The molecule has 0 amide bonds. The maximum absolute atomic E-state index is 13.8. The Labute approximate surface area is 203 Å². The predicted molar refractivity (Wildman–Crippen MR) is 132 cm³/mol. The van der Waals surface area contributed by atoms with Crippen LogP contribution >= 0.6 is 0 Å². The highest BCUT2D eigenvalue weighted by Crippen LogP contribution is 2.26. The summed E-state index contributed by atoms with van der Waals surface area (Å²) < 4.78 is 49.4. The average Bonchev–Trinajstić information content (AvgIpc) is 3.08. The van der Waals surface area contributed by atoms with Gasteiger partial charge in [0, 0.05) is 35.8 Å². The van der Waals surface area contributed by atoms with Gasteiger partial charge in [0.2, 0.25) is 10.0 Å². The number of aliphatic hydroxyl groups is 1. The maximum atomic E-state index is 13.8. The molecular weight excluding hydrogens is 477 g/mol. The van der Waals surface area contributed by atoms with Gasteiger partial charge in [-0.25, -0.2) is 12.8 Å². The molecule has 0 aliphatic carbocycles. The Balaban J connectivity index is 1.50. The van der Waals surface area contributed by atoms with Crippen LogP contribution in [-0.4, -0.2) is 57.0 Å². The number of hydrogen-bond acceptors (Lipinski definition) is 7. The number of carbonyl (C=O) groups excluding carboxylic acids is 1. The van der Waals surface area contributed by atoms with E-state index in [1.165, 1.54) is 12.1 Å². The standard InChI is InChI=1S/C24H30FN3O6S/c1-4-33-24(30)13-20-15(2)18-7-6-17(12-21(18)27-20)34-10-9-26-14-23(29)16-5-8-19(25)22(11-16)28-35(3,31)32/h5-8,11-12,23,26-29H,4,9-10,13-14H2,1-3H3/t23-/m0/s1. The van der Waals surface area contributed by atoms with Gasteiger partial charge in [0.25, 0.3) is 0 Å². The number of hydrogen-bond donors (Lipinski definition) is 4. The van der Waals surface area contributed by atoms with Crippen LogP contribution in [0.4, 0.5) is 10.1 Å². The number of aromatic amines is 1. The molecule has 9 nitrogen and oxygen atoms in total. The predicted octanol–water partition coefficient (Wildman–Crippen LogP) is 2.79. The zero-order valence-electron chi connectivity index (χ0n) is 19.9. The van der Waals surface area contributed by atoms with Crippen molar-refractivity contribution in [1.82, 2.24) is 10.3 Å². The molecule has 3 aromatic rings. The molecule has 2 aromatic carbocycles. The van der Waals surface area contributed by atoms with Crippen LogP contribution in [0.5, 0.6) is 5.75 Å². The second-order valence-electron chi connectivity index (χ2n) is 8.10. The number of sulfonamides is 1. The summed E-state index contributed by atoms with van der Waals surface area (Å²) in [4.78, 5) is 15.1. The lowest BCUT2D eigenvalue weighted by Crippen LogP contribution is -2.26. The molecule has 1 aromatic heterocycles. The van der Waals surface area contributed by atoms with Crippen LogP contribution in [0.15, 0.2) is 36.4 Å². The fourth-order valence-corrected chi connectivity index (χ4v) is 4.18. The molecule has 0 saturated carbocycles. The van der Waals surface area contributed by atoms with Gasteiger partial charge in [-0.05, 0) is 49.2 Å². The largest absolute Gasteiger partial charge is 0.492 e. The summed E-state index contributed by atoms with van der Waals surface area (Å²) in [5.41, 5.74) is 2.82. The number of halogens is 1. The van der Waals surface area contributed by atoms with E-state index < -0.39 is 21.9 Å². The SMILES string of the molecule is CCOC(=O)Cc1[nH]c2cc(OCCNC[C@H](O)c3ccc(F)c(NS(C)(=O)=O)c3)ccc2c1C. The summed E-state index contributed by atoms with van der Waals surface area (Å²) in [6.45, 7) is 4.99. The Morgan fingerprint density at radius 3 is 2.71 bits per heavy atom. The second kappa shape index (κ2) is 11.5. The lowest BCUT2D eigenvalue weighted by molar-refractivity contribution is -0.142. The normalized spacial score (nSPS) is 12.5. The van der Waals surface area contributed by atoms with Gasteiger partial charge in [-0.2, -0.15) is 0 Å². The van der Waals surface area contributed by atoms with Gasteiger partial charge in [-0.3, -0.25) is 9.52 Å². The van der Waals surface area contributed by atoms with Crippen LogP contribution in [0.1, 0.15) is 29.8 Å². The number of benzene rings is 2. The number of ether oxygens (including phenoxy) is 2. The molecule has 0 radical (unpaired) electrons. The van der Waals surface area contributed by atoms with E-state index in [2.05, 4.69) is 15.0 Å². The highest BCUT2D eigenvalue weighted by Gasteiger charge is 2.14. The first-order chi connectivity index (χ1) is 16.6. The Bertz CT molecular complexity index is 1290. The topological polar surface area (TPSA) is 130 Å². The van der Waals surface area contributed by atoms with E-state index in [-0.39, 0.29) is 24.6 Å². The molecule has 0 aliphatic rings. The molecule has 0 spiro atoms. The number of aryl methyl sites for hydroxylation is 1. The third-order valence-electron chi connectivity index (χ3n) is 5.32. The highest BCUT2D eigenvalue weighted by atomic mass is 32.2. The molecule has 0 bridgehead atoms. The molecule has 0 fully saturated rings. The quantitative estimate of drug-likeness (QED) is 0.219. The molecule has 3 rings (SSSR count). The monoisotopic (exact) mass is 507 g/mol. The fourth-order valence-electron chi connectivity index (χ4n) is 3.62. The molecule has 4 N–H and O–H groups in total. The maximum Gasteiger partial charge on any atom is 0.311 e. The number of H-pyrrole nitrogens is 1. The number of anilines is 1. The summed E-state index contributed by atoms with van der Waals surface area (Å²) in [7, 11) is -3.64. The smallest absolute Gasteiger partial charge is 0.311 e. The molecule has 35 heavy (non-hydrogen) atoms. The molecule has 11 heteroatoms. The van der Waals surface area contributed by atoms with E-state index in [4.69, 9.17) is 9.47 Å². The van der Waals surface area contributed by atoms with Crippen molar-refractivity contribution in [3.05, 3.63) is 59.0 Å². The van der Waals surface area contributed by atoms with Crippen molar-refractivity contribution >= 4 is 32.6 Å². The first-order valence-electron chi connectivity index (χ1n) is 11.1. The highest BCUT2D eigenvalue weighted by molar-refractivity contribution is 7.92. The minimum atomic E-state index is -3.64. The van der Waals surface area contributed by atoms with E-state index in [1.807, 2.05) is 25.1 Å². The number of nitrogens with one attached hydrogen (secondary N) is 3. The van der Waals surface area contributed by atoms with Gasteiger partial charge >= 0.3 is 5.97 Å². The third-order valence-corrected chi connectivity index (χ3v) is 5.91. The van der Waals surface area contributed by atoms with E-state index in [0.717, 1.165) is 34.5 Å². The number of fused-ring (bicyclic) bond motifs is 1. The Morgan fingerprint density at radius 1 is 1.23 bits per heavy atom. The van der Waals surface area contributed by atoms with E-state index >= 15 is 0 Å². The first-order valence-corrected chi connectivity index (χ1v) is 13.0. The molecule has 0 aliphatic heterocycles. The van der Waals surface area contributed by atoms with Crippen molar-refractivity contribution in [2.45, 2.75) is 26.4 Å². The van der Waals surface area contributed by atoms with Gasteiger partial charge in [-0.1, -0.05) is 6.07 Å². The zero-order chi connectivity index (χ0) is 25.6. The lowest BCUT2D eigenvalue weighted by Gasteiger charge is -2.14. The van der Waals surface area contributed by atoms with Crippen molar-refractivity contribution in [1.29, 1.82) is 0 Å². The van der Waals surface area contributed by atoms with Crippen molar-refractivity contribution in [3.8, 4) is 5.75 Å². The fraction of sp³-hybridized carbons (Fsp3) is 0.375. The summed E-state index contributed by atoms with van der Waals surface area (Å²) in [5, 5.41) is 14.4. The Kier molecular flexibility index (Phi) is 8.71. The average molecular weight is 508 g/mol. The minimum absolute atomic E-state index is 0.166. The number of aromatic nitrogens is 1. The van der Waals surface area contributed by atoms with Gasteiger partial charge in [-0.15, -0.1) is 0 Å². The molecule has 1 atom stereocenters. The Morgan fingerprint density at radius 2 is 2.00 bits per heavy atom. The summed E-state index contributed by atoms with van der Waals surface area (Å²) >= 11 is 0. The van der Waals surface area contributed by atoms with Crippen LogP contribution < -0.4 is 14.8 Å². The summed E-state index contributed by atoms with van der Waals surface area (Å²) in [6.07, 6.45) is 0.136. The Hall–Kier alpha value is -3.15. The van der Waals surface area contributed by atoms with Crippen LogP contribution in [-0.2, 0) is 26.0 Å². The number of aliphatic hydroxyl groups excluding tert-OH is 1. The van der Waals surface area contributed by atoms with Crippen molar-refractivity contribution in [2.24, 2.45) is 0 Å². The van der Waals surface area contributed by atoms with Crippen LogP contribution in [0, 0.1) is 12.7 Å². The van der Waals surface area contributed by atoms with Gasteiger partial charge in [0.1, 0.15) is 18.2 Å². The van der Waals surface area contributed by atoms with E-state index in [0.29, 0.717) is 31.1 Å². The van der Waals surface area contributed by atoms with Crippen molar-refractivity contribution < 1.29 is 32.2 Å². The summed E-state index contributed by atoms with van der Waals surface area (Å²) in [5.74, 6) is -0.357. The van der Waals surface area contributed by atoms with E-state index in [1.54, 1.807) is 6.92 Å². The molecule has 0 saturated heterocycles. The first kappa shape index (κ1) is 26.5.